The molecule has 1 fully saturated rings. The quantitative estimate of drug-likeness (QED) is 0.862. The molecule has 0 aliphatic carbocycles. The van der Waals surface area contributed by atoms with Crippen molar-refractivity contribution in [1.29, 1.82) is 0 Å². The van der Waals surface area contributed by atoms with E-state index < -0.39 is 32.2 Å². The van der Waals surface area contributed by atoms with E-state index in [0.29, 0.717) is 0 Å². The maximum atomic E-state index is 13.2. The molecular formula is C11H11ClFNO5S. The molecule has 6 nitrogen and oxygen atoms in total. The number of sulfonamides is 1. The zero-order valence-electron chi connectivity index (χ0n) is 10.1. The lowest BCUT2D eigenvalue weighted by Crippen LogP contribution is -2.55. The van der Waals surface area contributed by atoms with Crippen LogP contribution in [-0.2, 0) is 19.6 Å². The summed E-state index contributed by atoms with van der Waals surface area (Å²) in [6.45, 7) is -0.180. The fourth-order valence-electron chi connectivity index (χ4n) is 1.85. The van der Waals surface area contributed by atoms with Crippen molar-refractivity contribution in [2.75, 3.05) is 13.2 Å². The highest BCUT2D eigenvalue weighted by Gasteiger charge is 2.46. The van der Waals surface area contributed by atoms with Crippen LogP contribution in [0.1, 0.15) is 6.42 Å². The Morgan fingerprint density at radius 3 is 2.75 bits per heavy atom. The molecule has 2 N–H and O–H groups in total. The molecule has 1 aromatic rings. The number of aliphatic carboxylic acids is 1. The molecule has 0 spiro atoms. The first-order valence-electron chi connectivity index (χ1n) is 5.57. The number of halogens is 2. The van der Waals surface area contributed by atoms with E-state index >= 15 is 0 Å². The number of hydrogen-bond donors (Lipinski definition) is 2. The number of carboxylic acid groups (broad SMARTS) is 1. The molecule has 1 aromatic carbocycles. The lowest BCUT2D eigenvalue weighted by Gasteiger charge is -2.23. The molecule has 20 heavy (non-hydrogen) atoms. The minimum atomic E-state index is -4.28. The van der Waals surface area contributed by atoms with Gasteiger partial charge in [-0.3, -0.25) is 4.79 Å². The Balaban J connectivity index is 2.40. The highest BCUT2D eigenvalue weighted by molar-refractivity contribution is 7.89. The van der Waals surface area contributed by atoms with Gasteiger partial charge in [0, 0.05) is 13.0 Å². The molecule has 1 aliphatic rings. The van der Waals surface area contributed by atoms with Gasteiger partial charge < -0.3 is 9.84 Å². The lowest BCUT2D eigenvalue weighted by molar-refractivity contribution is -0.144. The summed E-state index contributed by atoms with van der Waals surface area (Å²) < 4.78 is 44.5. The van der Waals surface area contributed by atoms with E-state index in [2.05, 4.69) is 0 Å². The highest BCUT2D eigenvalue weighted by Crippen LogP contribution is 2.26. The Hall–Kier alpha value is -1.22. The van der Waals surface area contributed by atoms with Crippen molar-refractivity contribution < 1.29 is 27.4 Å². The van der Waals surface area contributed by atoms with E-state index in [1.54, 1.807) is 0 Å². The van der Waals surface area contributed by atoms with E-state index in [0.717, 1.165) is 18.2 Å². The number of nitrogens with one attached hydrogen (secondary N) is 1. The number of carboxylic acids is 1. The molecule has 2 rings (SSSR count). The normalized spacial score (nSPS) is 22.9. The van der Waals surface area contributed by atoms with Crippen LogP contribution in [0.15, 0.2) is 23.1 Å². The summed E-state index contributed by atoms with van der Waals surface area (Å²) in [5.74, 6) is -2.15. The van der Waals surface area contributed by atoms with Gasteiger partial charge in [-0.1, -0.05) is 11.6 Å². The fourth-order valence-corrected chi connectivity index (χ4v) is 3.74. The second-order valence-electron chi connectivity index (χ2n) is 4.37. The summed E-state index contributed by atoms with van der Waals surface area (Å²) in [7, 11) is -4.28. The number of benzene rings is 1. The zero-order valence-corrected chi connectivity index (χ0v) is 11.7. The minimum absolute atomic E-state index is 0.0193. The van der Waals surface area contributed by atoms with Gasteiger partial charge in [0.25, 0.3) is 0 Å². The van der Waals surface area contributed by atoms with Crippen molar-refractivity contribution in [3.05, 3.63) is 29.0 Å². The zero-order chi connectivity index (χ0) is 15.0. The van der Waals surface area contributed by atoms with Crippen molar-refractivity contribution in [1.82, 2.24) is 4.72 Å². The molecule has 0 amide bonds. The van der Waals surface area contributed by atoms with Crippen LogP contribution in [0.5, 0.6) is 0 Å². The van der Waals surface area contributed by atoms with Crippen LogP contribution in [0.25, 0.3) is 0 Å². The predicted molar refractivity (Wildman–Crippen MR) is 67.5 cm³/mol. The van der Waals surface area contributed by atoms with Gasteiger partial charge in [0.15, 0.2) is 5.54 Å². The monoisotopic (exact) mass is 323 g/mol. The van der Waals surface area contributed by atoms with Crippen LogP contribution in [-0.4, -0.2) is 38.2 Å². The van der Waals surface area contributed by atoms with Gasteiger partial charge in [0.05, 0.1) is 11.6 Å². The number of ether oxygens (including phenoxy) is 1. The van der Waals surface area contributed by atoms with Crippen molar-refractivity contribution in [3.8, 4) is 0 Å². The largest absolute Gasteiger partial charge is 0.480 e. The van der Waals surface area contributed by atoms with Gasteiger partial charge in [0.1, 0.15) is 10.7 Å². The van der Waals surface area contributed by atoms with E-state index in [9.17, 15) is 22.7 Å². The molecular weight excluding hydrogens is 313 g/mol. The SMILES string of the molecule is O=C(O)C1(NS(=O)(=O)c2cc(F)ccc2Cl)CCOC1. The van der Waals surface area contributed by atoms with E-state index in [1.165, 1.54) is 0 Å². The van der Waals surface area contributed by atoms with Crippen LogP contribution in [0, 0.1) is 5.82 Å². The first kappa shape index (κ1) is 15.2. The molecule has 1 atom stereocenters. The van der Waals surface area contributed by atoms with Crippen LogP contribution < -0.4 is 4.72 Å². The van der Waals surface area contributed by atoms with E-state index in [-0.39, 0.29) is 24.7 Å². The summed E-state index contributed by atoms with van der Waals surface area (Å²) >= 11 is 5.73. The van der Waals surface area contributed by atoms with Crippen molar-refractivity contribution in [3.63, 3.8) is 0 Å². The Morgan fingerprint density at radius 2 is 2.20 bits per heavy atom. The average Bonchev–Trinajstić information content (AvgIpc) is 2.81. The van der Waals surface area contributed by atoms with Gasteiger partial charge >= 0.3 is 5.97 Å². The molecule has 1 aliphatic heterocycles. The number of hydrogen-bond acceptors (Lipinski definition) is 4. The lowest BCUT2D eigenvalue weighted by atomic mass is 10.0. The van der Waals surface area contributed by atoms with Gasteiger partial charge in [-0.15, -0.1) is 0 Å². The van der Waals surface area contributed by atoms with Crippen LogP contribution in [0.2, 0.25) is 5.02 Å². The third-order valence-corrected chi connectivity index (χ3v) is 4.96. The Labute approximate surface area is 119 Å². The summed E-state index contributed by atoms with van der Waals surface area (Å²) in [6, 6.07) is 2.83. The average molecular weight is 324 g/mol. The van der Waals surface area contributed by atoms with E-state index in [1.807, 2.05) is 4.72 Å². The Morgan fingerprint density at radius 1 is 1.50 bits per heavy atom. The summed E-state index contributed by atoms with van der Waals surface area (Å²) in [6.07, 6.45) is -0.0193. The van der Waals surface area contributed by atoms with Crippen molar-refractivity contribution >= 4 is 27.6 Å². The Kier molecular flexibility index (Phi) is 4.01. The predicted octanol–water partition coefficient (Wildman–Crippen LogP) is 1.00. The summed E-state index contributed by atoms with van der Waals surface area (Å²) in [5, 5.41) is 8.99. The minimum Gasteiger partial charge on any atom is -0.480 e. The highest BCUT2D eigenvalue weighted by atomic mass is 35.5. The Bertz CT molecular complexity index is 642. The van der Waals surface area contributed by atoms with Gasteiger partial charge in [-0.2, -0.15) is 4.72 Å². The molecule has 1 unspecified atom stereocenters. The first-order chi connectivity index (χ1) is 9.27. The fraction of sp³-hybridized carbons (Fsp3) is 0.364. The molecule has 1 saturated heterocycles. The number of rotatable bonds is 4. The smallest absolute Gasteiger partial charge is 0.327 e. The van der Waals surface area contributed by atoms with Gasteiger partial charge in [-0.25, -0.2) is 12.8 Å². The third kappa shape index (κ3) is 2.78. The molecule has 9 heteroatoms. The van der Waals surface area contributed by atoms with Crippen LogP contribution in [0.3, 0.4) is 0 Å². The van der Waals surface area contributed by atoms with Crippen molar-refractivity contribution in [2.24, 2.45) is 0 Å². The summed E-state index contributed by atoms with van der Waals surface area (Å²) in [5.41, 5.74) is -1.76. The van der Waals surface area contributed by atoms with Crippen LogP contribution in [0.4, 0.5) is 4.39 Å². The molecule has 0 bridgehead atoms. The second kappa shape index (κ2) is 5.28. The molecule has 1 heterocycles. The maximum Gasteiger partial charge on any atom is 0.327 e. The topological polar surface area (TPSA) is 92.7 Å². The van der Waals surface area contributed by atoms with Crippen LogP contribution >= 0.6 is 11.6 Å². The molecule has 0 radical (unpaired) electrons. The molecule has 0 saturated carbocycles. The van der Waals surface area contributed by atoms with Gasteiger partial charge in [-0.05, 0) is 18.2 Å². The summed E-state index contributed by atoms with van der Waals surface area (Å²) in [4.78, 5) is 10.8. The maximum absolute atomic E-state index is 13.2. The third-order valence-electron chi connectivity index (χ3n) is 2.94. The van der Waals surface area contributed by atoms with E-state index in [4.69, 9.17) is 16.3 Å². The van der Waals surface area contributed by atoms with Gasteiger partial charge in [0.2, 0.25) is 10.0 Å². The second-order valence-corrected chi connectivity index (χ2v) is 6.43. The van der Waals surface area contributed by atoms with Crippen molar-refractivity contribution in [2.45, 2.75) is 16.9 Å². The first-order valence-corrected chi connectivity index (χ1v) is 7.43. The molecule has 0 aromatic heterocycles. The standard InChI is InChI=1S/C11H11ClFNO5S/c12-8-2-1-7(13)5-9(8)20(17,18)14-11(10(15)16)3-4-19-6-11/h1-2,5,14H,3-4,6H2,(H,15,16). The number of carbonyl (C=O) groups is 1. The molecule has 110 valence electrons.